The van der Waals surface area contributed by atoms with Crippen LogP contribution in [0.1, 0.15) is 0 Å². The summed E-state index contributed by atoms with van der Waals surface area (Å²) in [4.78, 5) is 0. The van der Waals surface area contributed by atoms with Gasteiger partial charge in [0.1, 0.15) is 0 Å². The molecule has 12 aromatic rings. The van der Waals surface area contributed by atoms with Gasteiger partial charge in [-0.1, -0.05) is 140 Å². The van der Waals surface area contributed by atoms with Crippen LogP contribution in [0, 0.1) is 0 Å². The van der Waals surface area contributed by atoms with Gasteiger partial charge < -0.3 is 9.13 Å². The first kappa shape index (κ1) is 29.0. The van der Waals surface area contributed by atoms with E-state index in [1.807, 2.05) is 11.3 Å². The summed E-state index contributed by atoms with van der Waals surface area (Å²) in [7, 11) is 0. The Morgan fingerprint density at radius 3 is 1.72 bits per heavy atom. The van der Waals surface area contributed by atoms with Gasteiger partial charge in [-0.05, 0) is 75.5 Å². The Labute approximate surface area is 309 Å². The van der Waals surface area contributed by atoms with Crippen LogP contribution in [0.15, 0.2) is 182 Å². The number of para-hydroxylation sites is 2. The molecule has 0 atom stereocenters. The third kappa shape index (κ3) is 4.03. The summed E-state index contributed by atoms with van der Waals surface area (Å²) in [5.74, 6) is 0. The quantitative estimate of drug-likeness (QED) is 0.163. The maximum absolute atomic E-state index is 2.50. The largest absolute Gasteiger partial charge is 0.309 e. The lowest BCUT2D eigenvalue weighted by Crippen LogP contribution is -1.96. The molecular weight excluding hydrogens is 661 g/mol. The van der Waals surface area contributed by atoms with Crippen LogP contribution in [0.25, 0.3) is 108 Å². The zero-order valence-electron chi connectivity index (χ0n) is 28.6. The van der Waals surface area contributed by atoms with Crippen LogP contribution >= 0.6 is 11.3 Å². The molecule has 0 radical (unpaired) electrons. The first-order valence-corrected chi connectivity index (χ1v) is 19.0. The number of aromatic nitrogens is 2. The standard InChI is InChI=1S/C50H30N2S/c1-3-13-31(14-4-1)36-21-11-23-38-39-24-12-22-37(50(39)53-49(36)38)33-16-9-19-35(29-33)52-43-26-10-15-32-27-28-41-47-40-20-7-8-25-42(40)51(34-17-5-2-6-18-34)44(47)30-45(52)48(41)46(32)43/h1-30H. The predicted octanol–water partition coefficient (Wildman–Crippen LogP) is 14.2. The van der Waals surface area contributed by atoms with Gasteiger partial charge in [-0.25, -0.2) is 0 Å². The molecule has 0 aliphatic heterocycles. The zero-order chi connectivity index (χ0) is 34.6. The highest BCUT2D eigenvalue weighted by atomic mass is 32.1. The van der Waals surface area contributed by atoms with Crippen molar-refractivity contribution in [1.29, 1.82) is 0 Å². The minimum absolute atomic E-state index is 1.16. The first-order chi connectivity index (χ1) is 26.3. The highest BCUT2D eigenvalue weighted by molar-refractivity contribution is 7.26. The second-order valence-electron chi connectivity index (χ2n) is 14.1. The van der Waals surface area contributed by atoms with Gasteiger partial charge in [0.2, 0.25) is 0 Å². The second-order valence-corrected chi connectivity index (χ2v) is 15.1. The number of hydrogen-bond donors (Lipinski definition) is 0. The monoisotopic (exact) mass is 690 g/mol. The Kier molecular flexibility index (Phi) is 5.96. The normalized spacial score (nSPS) is 12.2. The highest BCUT2D eigenvalue weighted by Crippen LogP contribution is 2.47. The number of hydrogen-bond acceptors (Lipinski definition) is 1. The molecule has 3 heteroatoms. The molecule has 0 amide bonds. The fourth-order valence-corrected chi connectivity index (χ4v) is 10.4. The molecule has 2 nitrogen and oxygen atoms in total. The average molecular weight is 691 g/mol. The van der Waals surface area contributed by atoms with E-state index in [9.17, 15) is 0 Å². The van der Waals surface area contributed by atoms with Crippen molar-refractivity contribution in [2.45, 2.75) is 0 Å². The molecule has 0 saturated carbocycles. The molecule has 0 bridgehead atoms. The number of benzene rings is 9. The molecule has 3 aromatic heterocycles. The van der Waals surface area contributed by atoms with E-state index < -0.39 is 0 Å². The Bertz CT molecular complexity index is 3380. The van der Waals surface area contributed by atoms with Gasteiger partial charge >= 0.3 is 0 Å². The van der Waals surface area contributed by atoms with Crippen molar-refractivity contribution in [3.05, 3.63) is 182 Å². The Hall–Kier alpha value is -6.68. The van der Waals surface area contributed by atoms with Crippen LogP contribution in [0.4, 0.5) is 0 Å². The summed E-state index contributed by atoms with van der Waals surface area (Å²) in [6.45, 7) is 0. The van der Waals surface area contributed by atoms with Crippen molar-refractivity contribution < 1.29 is 0 Å². The summed E-state index contributed by atoms with van der Waals surface area (Å²) >= 11 is 1.91. The fourth-order valence-electron chi connectivity index (χ4n) is 9.05. The molecule has 0 aliphatic rings. The van der Waals surface area contributed by atoms with Crippen molar-refractivity contribution in [3.8, 4) is 33.6 Å². The van der Waals surface area contributed by atoms with Crippen LogP contribution in [0.3, 0.4) is 0 Å². The lowest BCUT2D eigenvalue weighted by molar-refractivity contribution is 1.17. The Balaban J connectivity index is 1.14. The van der Waals surface area contributed by atoms with E-state index >= 15 is 0 Å². The fraction of sp³-hybridized carbons (Fsp3) is 0. The zero-order valence-corrected chi connectivity index (χ0v) is 29.4. The molecule has 246 valence electrons. The molecule has 0 N–H and O–H groups in total. The molecule has 53 heavy (non-hydrogen) atoms. The summed E-state index contributed by atoms with van der Waals surface area (Å²) in [5.41, 5.74) is 12.3. The number of rotatable bonds is 4. The molecule has 0 unspecified atom stereocenters. The maximum atomic E-state index is 2.50. The summed E-state index contributed by atoms with van der Waals surface area (Å²) in [5, 5.41) is 10.4. The second kappa shape index (κ2) is 10.9. The van der Waals surface area contributed by atoms with Crippen molar-refractivity contribution >= 4 is 85.9 Å². The topological polar surface area (TPSA) is 9.86 Å². The van der Waals surface area contributed by atoms with Gasteiger partial charge in [0.25, 0.3) is 0 Å². The summed E-state index contributed by atoms with van der Waals surface area (Å²) in [6.07, 6.45) is 0. The summed E-state index contributed by atoms with van der Waals surface area (Å²) in [6, 6.07) is 67.0. The molecule has 0 fully saturated rings. The van der Waals surface area contributed by atoms with Crippen molar-refractivity contribution in [2.24, 2.45) is 0 Å². The van der Waals surface area contributed by atoms with Gasteiger partial charge in [-0.3, -0.25) is 0 Å². The van der Waals surface area contributed by atoms with Crippen LogP contribution in [0.5, 0.6) is 0 Å². The van der Waals surface area contributed by atoms with E-state index in [4.69, 9.17) is 0 Å². The SMILES string of the molecule is c1ccc(-c2cccc3c2sc2c(-c4cccc(-n5c6cccc7ccc8c9c%10ccccc%10n(-c%10ccccc%10)c9cc5c8c76)c4)cccc23)cc1. The lowest BCUT2D eigenvalue weighted by atomic mass is 9.98. The van der Waals surface area contributed by atoms with Crippen LogP contribution in [-0.2, 0) is 0 Å². The van der Waals surface area contributed by atoms with Gasteiger partial charge in [0.05, 0.1) is 22.1 Å². The average Bonchev–Trinajstić information content (AvgIpc) is 3.89. The number of thiophene rings is 1. The van der Waals surface area contributed by atoms with Gasteiger partial charge in [0.15, 0.2) is 0 Å². The smallest absolute Gasteiger partial charge is 0.0568 e. The third-order valence-electron chi connectivity index (χ3n) is 11.3. The van der Waals surface area contributed by atoms with Gasteiger partial charge in [-0.15, -0.1) is 11.3 Å². The van der Waals surface area contributed by atoms with E-state index in [-0.39, 0.29) is 0 Å². The molecule has 0 saturated heterocycles. The predicted molar refractivity (Wildman–Crippen MR) is 228 cm³/mol. The first-order valence-electron chi connectivity index (χ1n) is 18.2. The molecule has 12 rings (SSSR count). The lowest BCUT2D eigenvalue weighted by Gasteiger charge is -2.12. The van der Waals surface area contributed by atoms with E-state index in [0.29, 0.717) is 0 Å². The van der Waals surface area contributed by atoms with E-state index in [1.54, 1.807) is 0 Å². The molecule has 3 heterocycles. The summed E-state index contributed by atoms with van der Waals surface area (Å²) < 4.78 is 7.60. The van der Waals surface area contributed by atoms with Crippen LogP contribution in [-0.4, -0.2) is 9.13 Å². The van der Waals surface area contributed by atoms with Gasteiger partial charge in [-0.2, -0.15) is 0 Å². The van der Waals surface area contributed by atoms with Crippen LogP contribution < -0.4 is 0 Å². The minimum atomic E-state index is 1.16. The van der Waals surface area contributed by atoms with Gasteiger partial charge in [0, 0.05) is 53.1 Å². The van der Waals surface area contributed by atoms with E-state index in [1.165, 1.54) is 102 Å². The number of fused-ring (bicyclic) bond motifs is 7. The van der Waals surface area contributed by atoms with E-state index in [0.717, 1.165) is 5.69 Å². The maximum Gasteiger partial charge on any atom is 0.0568 e. The van der Waals surface area contributed by atoms with Crippen LogP contribution in [0.2, 0.25) is 0 Å². The molecular formula is C50H30N2S. The van der Waals surface area contributed by atoms with Crippen molar-refractivity contribution in [1.82, 2.24) is 9.13 Å². The van der Waals surface area contributed by atoms with Crippen molar-refractivity contribution in [3.63, 3.8) is 0 Å². The van der Waals surface area contributed by atoms with Crippen molar-refractivity contribution in [2.75, 3.05) is 0 Å². The number of nitrogens with zero attached hydrogens (tertiary/aromatic N) is 2. The Morgan fingerprint density at radius 1 is 0.321 bits per heavy atom. The van der Waals surface area contributed by atoms with E-state index in [2.05, 4.69) is 191 Å². The minimum Gasteiger partial charge on any atom is -0.309 e. The molecule has 0 aliphatic carbocycles. The highest BCUT2D eigenvalue weighted by Gasteiger charge is 2.23. The molecule has 0 spiro atoms. The Morgan fingerprint density at radius 2 is 0.906 bits per heavy atom. The third-order valence-corrected chi connectivity index (χ3v) is 12.5. The molecule has 9 aromatic carbocycles.